The lowest BCUT2D eigenvalue weighted by Crippen LogP contribution is -2.41. The number of unbranched alkanes of at least 4 members (excludes halogenated alkanes) is 1. The molecule has 0 radical (unpaired) electrons. The Bertz CT molecular complexity index is 143. The third-order valence-electron chi connectivity index (χ3n) is 2.32. The average Bonchev–Trinajstić information content (AvgIpc) is 2.15. The summed E-state index contributed by atoms with van der Waals surface area (Å²) in [6, 6.07) is 0. The maximum atomic E-state index is 5.42. The van der Waals surface area contributed by atoms with E-state index in [0.717, 1.165) is 32.4 Å². The standard InChI is InChI=1S/C12H27NO2/c1-12(2,3)13-10-11(15-5)8-6-7-9-14-4/h11,13H,6-10H2,1-5H3. The van der Waals surface area contributed by atoms with Crippen molar-refractivity contribution >= 4 is 0 Å². The van der Waals surface area contributed by atoms with Crippen LogP contribution in [0.4, 0.5) is 0 Å². The molecule has 0 aromatic heterocycles. The van der Waals surface area contributed by atoms with Crippen molar-refractivity contribution in [3.05, 3.63) is 0 Å². The van der Waals surface area contributed by atoms with Crippen LogP contribution in [0.2, 0.25) is 0 Å². The van der Waals surface area contributed by atoms with Crippen LogP contribution >= 0.6 is 0 Å². The molecule has 0 fully saturated rings. The van der Waals surface area contributed by atoms with Gasteiger partial charge in [0.25, 0.3) is 0 Å². The van der Waals surface area contributed by atoms with E-state index in [1.807, 2.05) is 0 Å². The monoisotopic (exact) mass is 217 g/mol. The Balaban J connectivity index is 3.55. The van der Waals surface area contributed by atoms with E-state index in [4.69, 9.17) is 9.47 Å². The van der Waals surface area contributed by atoms with E-state index in [2.05, 4.69) is 26.1 Å². The Morgan fingerprint density at radius 2 is 1.80 bits per heavy atom. The molecule has 0 aliphatic carbocycles. The average molecular weight is 217 g/mol. The zero-order valence-corrected chi connectivity index (χ0v) is 10.9. The minimum absolute atomic E-state index is 0.170. The highest BCUT2D eigenvalue weighted by Crippen LogP contribution is 2.06. The minimum atomic E-state index is 0.170. The third-order valence-corrected chi connectivity index (χ3v) is 2.32. The van der Waals surface area contributed by atoms with Gasteiger partial charge in [-0.25, -0.2) is 0 Å². The Morgan fingerprint density at radius 3 is 2.27 bits per heavy atom. The fourth-order valence-electron chi connectivity index (χ4n) is 1.34. The van der Waals surface area contributed by atoms with E-state index in [1.54, 1.807) is 14.2 Å². The van der Waals surface area contributed by atoms with Crippen LogP contribution in [0.3, 0.4) is 0 Å². The second-order valence-electron chi connectivity index (χ2n) is 4.98. The molecule has 0 rings (SSSR count). The van der Waals surface area contributed by atoms with Crippen LogP contribution in [0.1, 0.15) is 40.0 Å². The van der Waals surface area contributed by atoms with Crippen molar-refractivity contribution in [1.29, 1.82) is 0 Å². The summed E-state index contributed by atoms with van der Waals surface area (Å²) in [6.07, 6.45) is 3.70. The van der Waals surface area contributed by atoms with Crippen LogP contribution in [0, 0.1) is 0 Å². The van der Waals surface area contributed by atoms with Crippen molar-refractivity contribution in [2.75, 3.05) is 27.4 Å². The Hall–Kier alpha value is -0.120. The first kappa shape index (κ1) is 14.9. The fourth-order valence-corrected chi connectivity index (χ4v) is 1.34. The van der Waals surface area contributed by atoms with Crippen LogP contribution in [0.15, 0.2) is 0 Å². The second kappa shape index (κ2) is 8.08. The third kappa shape index (κ3) is 10.2. The molecule has 1 unspecified atom stereocenters. The smallest absolute Gasteiger partial charge is 0.0695 e. The van der Waals surface area contributed by atoms with Crippen LogP contribution in [-0.2, 0) is 9.47 Å². The van der Waals surface area contributed by atoms with E-state index >= 15 is 0 Å². The van der Waals surface area contributed by atoms with Crippen molar-refractivity contribution < 1.29 is 9.47 Å². The van der Waals surface area contributed by atoms with Gasteiger partial charge in [-0.05, 0) is 40.0 Å². The van der Waals surface area contributed by atoms with Crippen LogP contribution in [-0.4, -0.2) is 39.0 Å². The number of rotatable bonds is 8. The van der Waals surface area contributed by atoms with E-state index in [0.29, 0.717) is 6.10 Å². The Labute approximate surface area is 94.5 Å². The van der Waals surface area contributed by atoms with Crippen LogP contribution in [0.5, 0.6) is 0 Å². The van der Waals surface area contributed by atoms with E-state index in [1.165, 1.54) is 0 Å². The molecule has 0 aliphatic rings. The van der Waals surface area contributed by atoms with Gasteiger partial charge in [0, 0.05) is 32.9 Å². The van der Waals surface area contributed by atoms with Gasteiger partial charge in [0.2, 0.25) is 0 Å². The van der Waals surface area contributed by atoms with Crippen molar-refractivity contribution in [3.63, 3.8) is 0 Å². The van der Waals surface area contributed by atoms with Crippen molar-refractivity contribution in [2.24, 2.45) is 0 Å². The number of methoxy groups -OCH3 is 2. The molecule has 1 atom stereocenters. The van der Waals surface area contributed by atoms with Gasteiger partial charge in [0.1, 0.15) is 0 Å². The highest BCUT2D eigenvalue weighted by Gasteiger charge is 2.13. The summed E-state index contributed by atoms with van der Waals surface area (Å²) in [5.41, 5.74) is 0.170. The van der Waals surface area contributed by atoms with Gasteiger partial charge < -0.3 is 14.8 Å². The van der Waals surface area contributed by atoms with Gasteiger partial charge in [-0.15, -0.1) is 0 Å². The Kier molecular flexibility index (Phi) is 8.02. The molecule has 15 heavy (non-hydrogen) atoms. The van der Waals surface area contributed by atoms with Gasteiger partial charge in [-0.1, -0.05) is 0 Å². The molecule has 3 nitrogen and oxygen atoms in total. The maximum absolute atomic E-state index is 5.42. The van der Waals surface area contributed by atoms with Crippen molar-refractivity contribution in [1.82, 2.24) is 5.32 Å². The molecule has 0 amide bonds. The molecule has 1 N–H and O–H groups in total. The van der Waals surface area contributed by atoms with Gasteiger partial charge in [0.15, 0.2) is 0 Å². The van der Waals surface area contributed by atoms with Crippen LogP contribution in [0.25, 0.3) is 0 Å². The number of hydrogen-bond donors (Lipinski definition) is 1. The normalized spacial score (nSPS) is 14.2. The second-order valence-corrected chi connectivity index (χ2v) is 4.98. The molecule has 0 saturated heterocycles. The predicted octanol–water partition coefficient (Wildman–Crippen LogP) is 2.21. The van der Waals surface area contributed by atoms with Gasteiger partial charge >= 0.3 is 0 Å². The molecular weight excluding hydrogens is 190 g/mol. The summed E-state index contributed by atoms with van der Waals surface area (Å²) >= 11 is 0. The van der Waals surface area contributed by atoms with Gasteiger partial charge in [0.05, 0.1) is 6.10 Å². The molecule has 92 valence electrons. The SMILES string of the molecule is COCCCCC(CNC(C)(C)C)OC. The van der Waals surface area contributed by atoms with Crippen LogP contribution < -0.4 is 5.32 Å². The zero-order chi connectivity index (χ0) is 11.7. The van der Waals surface area contributed by atoms with E-state index in [-0.39, 0.29) is 5.54 Å². The molecule has 0 aliphatic heterocycles. The molecule has 0 bridgehead atoms. The lowest BCUT2D eigenvalue weighted by Gasteiger charge is -2.24. The minimum Gasteiger partial charge on any atom is -0.385 e. The summed E-state index contributed by atoms with van der Waals surface area (Å²) < 4.78 is 10.4. The number of hydrogen-bond acceptors (Lipinski definition) is 3. The molecule has 0 saturated carbocycles. The summed E-state index contributed by atoms with van der Waals surface area (Å²) in [6.45, 7) is 8.29. The van der Waals surface area contributed by atoms with Gasteiger partial charge in [-0.3, -0.25) is 0 Å². The van der Waals surface area contributed by atoms with Gasteiger partial charge in [-0.2, -0.15) is 0 Å². The highest BCUT2D eigenvalue weighted by molar-refractivity contribution is 4.73. The number of ether oxygens (including phenoxy) is 2. The largest absolute Gasteiger partial charge is 0.385 e. The van der Waals surface area contributed by atoms with E-state index < -0.39 is 0 Å². The lowest BCUT2D eigenvalue weighted by molar-refractivity contribution is 0.0836. The zero-order valence-electron chi connectivity index (χ0n) is 10.9. The Morgan fingerprint density at radius 1 is 1.13 bits per heavy atom. The molecule has 0 spiro atoms. The predicted molar refractivity (Wildman–Crippen MR) is 64.3 cm³/mol. The lowest BCUT2D eigenvalue weighted by atomic mass is 10.1. The van der Waals surface area contributed by atoms with Crippen molar-refractivity contribution in [3.8, 4) is 0 Å². The number of nitrogens with one attached hydrogen (secondary N) is 1. The summed E-state index contributed by atoms with van der Waals surface area (Å²) in [4.78, 5) is 0. The summed E-state index contributed by atoms with van der Waals surface area (Å²) in [5, 5.41) is 3.46. The van der Waals surface area contributed by atoms with Crippen molar-refractivity contribution in [2.45, 2.75) is 51.7 Å². The molecule has 0 heterocycles. The fraction of sp³-hybridized carbons (Fsp3) is 1.00. The molecular formula is C12H27NO2. The maximum Gasteiger partial charge on any atom is 0.0695 e. The molecule has 3 heteroatoms. The quantitative estimate of drug-likeness (QED) is 0.632. The highest BCUT2D eigenvalue weighted by atomic mass is 16.5. The summed E-state index contributed by atoms with van der Waals surface area (Å²) in [5.74, 6) is 0. The topological polar surface area (TPSA) is 30.5 Å². The van der Waals surface area contributed by atoms with E-state index in [9.17, 15) is 0 Å². The molecule has 0 aromatic rings. The first-order valence-electron chi connectivity index (χ1n) is 5.76. The first-order valence-corrected chi connectivity index (χ1v) is 5.76. The molecule has 0 aromatic carbocycles. The summed E-state index contributed by atoms with van der Waals surface area (Å²) in [7, 11) is 3.53. The first-order chi connectivity index (χ1) is 6.99.